The molecule has 5 aliphatic rings. The number of hydrogen-bond acceptors (Lipinski definition) is 4. The van der Waals surface area contributed by atoms with Gasteiger partial charge in [-0.3, -0.25) is 14.3 Å². The molecule has 30 heavy (non-hydrogen) atoms. The van der Waals surface area contributed by atoms with Crippen LogP contribution >= 0.6 is 0 Å². The van der Waals surface area contributed by atoms with Crippen molar-refractivity contribution in [2.24, 2.45) is 30.2 Å². The number of nitrogens with one attached hydrogen (secondary N) is 1. The van der Waals surface area contributed by atoms with Gasteiger partial charge < -0.3 is 15.0 Å². The average Bonchev–Trinajstić information content (AvgIpc) is 3.12. The predicted octanol–water partition coefficient (Wildman–Crippen LogP) is 2.62. The first-order valence-corrected chi connectivity index (χ1v) is 11.7. The van der Waals surface area contributed by atoms with Crippen molar-refractivity contribution in [3.8, 4) is 0 Å². The van der Waals surface area contributed by atoms with E-state index in [1.54, 1.807) is 22.7 Å². The highest BCUT2D eigenvalue weighted by Crippen LogP contribution is 2.61. The molecular formula is C23H34N4O3. The Morgan fingerprint density at radius 3 is 2.33 bits per heavy atom. The number of aromatic nitrogens is 2. The monoisotopic (exact) mass is 414 g/mol. The van der Waals surface area contributed by atoms with Crippen molar-refractivity contribution in [2.75, 3.05) is 26.3 Å². The Morgan fingerprint density at radius 1 is 1.17 bits per heavy atom. The third-order valence-electron chi connectivity index (χ3n) is 8.17. The lowest BCUT2D eigenvalue weighted by Crippen LogP contribution is -2.56. The van der Waals surface area contributed by atoms with E-state index >= 15 is 0 Å². The van der Waals surface area contributed by atoms with Gasteiger partial charge in [0.1, 0.15) is 5.69 Å². The Labute approximate surface area is 178 Å². The molecule has 164 valence electrons. The molecule has 4 bridgehead atoms. The summed E-state index contributed by atoms with van der Waals surface area (Å²) < 4.78 is 6.88. The standard InChI is InChI=1S/C23H34N4O3/c1-3-20(23-12-15-8-16(13-23)10-17(9-15)14-23)24-21(28)19-11-18(25-26(19)2)22(29)27-4-6-30-7-5-27/h11,15-17,20H,3-10,12-14H2,1-2H3,(H,24,28)/t15?,16?,17?,20-,23?/m1/s1. The van der Waals surface area contributed by atoms with Gasteiger partial charge in [-0.05, 0) is 68.1 Å². The Balaban J connectivity index is 1.31. The Bertz CT molecular complexity index is 791. The molecule has 1 N–H and O–H groups in total. The molecule has 7 heteroatoms. The number of carbonyl (C=O) groups is 2. The van der Waals surface area contributed by atoms with Gasteiger partial charge in [0.25, 0.3) is 11.8 Å². The van der Waals surface area contributed by atoms with E-state index in [-0.39, 0.29) is 23.3 Å². The van der Waals surface area contributed by atoms with Crippen molar-refractivity contribution in [2.45, 2.75) is 57.9 Å². The minimum atomic E-state index is -0.124. The summed E-state index contributed by atoms with van der Waals surface area (Å²) in [5.74, 6) is 2.35. The first kappa shape index (κ1) is 20.0. The minimum absolute atomic E-state index is 0.103. The largest absolute Gasteiger partial charge is 0.378 e. The lowest BCUT2D eigenvalue weighted by molar-refractivity contribution is -0.0727. The number of ether oxygens (including phenoxy) is 1. The van der Waals surface area contributed by atoms with Crippen LogP contribution < -0.4 is 5.32 Å². The molecule has 6 rings (SSSR count). The van der Waals surface area contributed by atoms with Crippen LogP contribution in [0.2, 0.25) is 0 Å². The number of hydrogen-bond donors (Lipinski definition) is 1. The van der Waals surface area contributed by atoms with Crippen molar-refractivity contribution in [3.63, 3.8) is 0 Å². The van der Waals surface area contributed by atoms with Crippen molar-refractivity contribution >= 4 is 11.8 Å². The third kappa shape index (κ3) is 3.45. The van der Waals surface area contributed by atoms with Gasteiger partial charge in [0.05, 0.1) is 13.2 Å². The van der Waals surface area contributed by atoms with Gasteiger partial charge >= 0.3 is 0 Å². The van der Waals surface area contributed by atoms with E-state index in [0.29, 0.717) is 37.7 Å². The molecule has 0 radical (unpaired) electrons. The molecule has 7 nitrogen and oxygen atoms in total. The van der Waals surface area contributed by atoms with Gasteiger partial charge in [-0.1, -0.05) is 6.92 Å². The Morgan fingerprint density at radius 2 is 1.77 bits per heavy atom. The predicted molar refractivity (Wildman–Crippen MR) is 112 cm³/mol. The first-order valence-electron chi connectivity index (χ1n) is 11.7. The van der Waals surface area contributed by atoms with E-state index in [1.165, 1.54) is 38.5 Å². The van der Waals surface area contributed by atoms with Crippen LogP contribution in [0.25, 0.3) is 0 Å². The van der Waals surface area contributed by atoms with Crippen LogP contribution in [0.3, 0.4) is 0 Å². The smallest absolute Gasteiger partial charge is 0.274 e. The summed E-state index contributed by atoms with van der Waals surface area (Å²) >= 11 is 0. The second-order valence-electron chi connectivity index (χ2n) is 10.2. The van der Waals surface area contributed by atoms with E-state index in [2.05, 4.69) is 17.3 Å². The second-order valence-corrected chi connectivity index (χ2v) is 10.2. The highest BCUT2D eigenvalue weighted by Gasteiger charge is 2.54. The SMILES string of the molecule is CC[C@@H](NC(=O)c1cc(C(=O)N2CCOCC2)nn1C)C12CC3CC(CC(C3)C1)C2. The summed E-state index contributed by atoms with van der Waals surface area (Å²) in [7, 11) is 1.75. The molecule has 0 aromatic carbocycles. The maximum Gasteiger partial charge on any atom is 0.274 e. The van der Waals surface area contributed by atoms with Crippen molar-refractivity contribution in [1.29, 1.82) is 0 Å². The molecular weight excluding hydrogens is 380 g/mol. The molecule has 0 spiro atoms. The minimum Gasteiger partial charge on any atom is -0.378 e. The van der Waals surface area contributed by atoms with E-state index < -0.39 is 0 Å². The van der Waals surface area contributed by atoms with Gasteiger partial charge in [0, 0.05) is 32.2 Å². The third-order valence-corrected chi connectivity index (χ3v) is 8.17. The van der Waals surface area contributed by atoms with Crippen molar-refractivity contribution in [1.82, 2.24) is 20.0 Å². The normalized spacial score (nSPS) is 33.5. The molecule has 1 aromatic heterocycles. The Hall–Kier alpha value is -1.89. The highest BCUT2D eigenvalue weighted by atomic mass is 16.5. The van der Waals surface area contributed by atoms with Gasteiger partial charge in [-0.2, -0.15) is 5.10 Å². The van der Waals surface area contributed by atoms with Gasteiger partial charge in [-0.25, -0.2) is 0 Å². The number of nitrogens with zero attached hydrogens (tertiary/aromatic N) is 3. The molecule has 4 saturated carbocycles. The summed E-state index contributed by atoms with van der Waals surface area (Å²) in [5, 5.41) is 7.72. The lowest BCUT2D eigenvalue weighted by Gasteiger charge is -2.59. The van der Waals surface area contributed by atoms with Crippen LogP contribution in [0, 0.1) is 23.2 Å². The maximum atomic E-state index is 13.2. The summed E-state index contributed by atoms with van der Waals surface area (Å²) in [6, 6.07) is 1.85. The van der Waals surface area contributed by atoms with E-state index in [1.807, 2.05) is 0 Å². The van der Waals surface area contributed by atoms with Gasteiger partial charge in [0.15, 0.2) is 5.69 Å². The summed E-state index contributed by atoms with van der Waals surface area (Å²) in [6.45, 7) is 4.44. The van der Waals surface area contributed by atoms with Crippen molar-refractivity contribution in [3.05, 3.63) is 17.5 Å². The fourth-order valence-corrected chi connectivity index (χ4v) is 7.24. The van der Waals surface area contributed by atoms with Crippen LogP contribution in [-0.4, -0.2) is 58.8 Å². The van der Waals surface area contributed by atoms with E-state index in [9.17, 15) is 9.59 Å². The molecule has 0 unspecified atom stereocenters. The molecule has 1 aliphatic heterocycles. The molecule has 2 heterocycles. The quantitative estimate of drug-likeness (QED) is 0.804. The molecule has 2 amide bonds. The highest BCUT2D eigenvalue weighted by molar-refractivity contribution is 5.98. The van der Waals surface area contributed by atoms with Crippen LogP contribution in [0.4, 0.5) is 0 Å². The van der Waals surface area contributed by atoms with Crippen LogP contribution in [0.15, 0.2) is 6.07 Å². The van der Waals surface area contributed by atoms with Crippen LogP contribution in [0.1, 0.15) is 72.8 Å². The molecule has 1 atom stereocenters. The number of aryl methyl sites for hydroxylation is 1. The maximum absolute atomic E-state index is 13.2. The van der Waals surface area contributed by atoms with E-state index in [4.69, 9.17) is 4.74 Å². The molecule has 1 aromatic rings. The average molecular weight is 415 g/mol. The number of amides is 2. The van der Waals surface area contributed by atoms with Crippen molar-refractivity contribution < 1.29 is 14.3 Å². The molecule has 1 saturated heterocycles. The fourth-order valence-electron chi connectivity index (χ4n) is 7.24. The number of carbonyl (C=O) groups excluding carboxylic acids is 2. The number of morpholine rings is 1. The van der Waals surface area contributed by atoms with E-state index in [0.717, 1.165) is 24.2 Å². The second kappa shape index (κ2) is 7.66. The number of rotatable bonds is 5. The van der Waals surface area contributed by atoms with Crippen LogP contribution in [0.5, 0.6) is 0 Å². The zero-order valence-electron chi connectivity index (χ0n) is 18.2. The molecule has 5 fully saturated rings. The zero-order valence-corrected chi connectivity index (χ0v) is 18.2. The zero-order chi connectivity index (χ0) is 20.9. The van der Waals surface area contributed by atoms with Gasteiger partial charge in [-0.15, -0.1) is 0 Å². The fraction of sp³-hybridized carbons (Fsp3) is 0.783. The summed E-state index contributed by atoms with van der Waals surface area (Å²) in [5.41, 5.74) is 1.08. The lowest BCUT2D eigenvalue weighted by atomic mass is 9.47. The first-order chi connectivity index (χ1) is 14.5. The molecule has 4 aliphatic carbocycles. The topological polar surface area (TPSA) is 76.5 Å². The van der Waals surface area contributed by atoms with Crippen LogP contribution in [-0.2, 0) is 11.8 Å². The van der Waals surface area contributed by atoms with Gasteiger partial charge in [0.2, 0.25) is 0 Å². The Kier molecular flexibility index (Phi) is 5.12. The summed E-state index contributed by atoms with van der Waals surface area (Å²) in [4.78, 5) is 27.7. The summed E-state index contributed by atoms with van der Waals surface area (Å²) in [6.07, 6.45) is 8.96.